The fraction of sp³-hybridized carbons (Fsp3) is 0.240. The zero-order chi connectivity index (χ0) is 23.3. The van der Waals surface area contributed by atoms with Gasteiger partial charge in [0.2, 0.25) is 5.91 Å². The third-order valence-electron chi connectivity index (χ3n) is 5.34. The number of nitrogens with zero attached hydrogens (tertiary/aromatic N) is 1. The van der Waals surface area contributed by atoms with Crippen molar-refractivity contribution >= 4 is 17.7 Å². The number of carbonyl (C=O) groups excluding carboxylic acids is 1. The molecule has 1 amide bonds. The van der Waals surface area contributed by atoms with Gasteiger partial charge in [-0.1, -0.05) is 36.4 Å². The molecular weight excluding hydrogens is 438 g/mol. The van der Waals surface area contributed by atoms with Crippen LogP contribution >= 0.6 is 11.8 Å². The van der Waals surface area contributed by atoms with E-state index in [1.807, 2.05) is 13.8 Å². The molecule has 168 valence electrons. The fourth-order valence-corrected chi connectivity index (χ4v) is 5.21. The maximum Gasteiger partial charge on any atom is 0.232 e. The van der Waals surface area contributed by atoms with E-state index in [1.165, 1.54) is 48.5 Å². The molecule has 1 atom stereocenters. The molecular formula is C25H23F4NOS. The first-order valence-electron chi connectivity index (χ1n) is 10.2. The molecule has 1 unspecified atom stereocenters. The lowest BCUT2D eigenvalue weighted by Crippen LogP contribution is -2.35. The second-order valence-electron chi connectivity index (χ2n) is 7.15. The summed E-state index contributed by atoms with van der Waals surface area (Å²) in [5.74, 6) is -3.10. The summed E-state index contributed by atoms with van der Waals surface area (Å²) in [6.07, 6.45) is 0. The Hall–Kier alpha value is -2.80. The summed E-state index contributed by atoms with van der Waals surface area (Å²) >= 11 is 1.02. The van der Waals surface area contributed by atoms with Gasteiger partial charge in [0.25, 0.3) is 0 Å². The van der Waals surface area contributed by atoms with Crippen molar-refractivity contribution in [3.8, 4) is 0 Å². The normalized spacial score (nSPS) is 12.9. The summed E-state index contributed by atoms with van der Waals surface area (Å²) in [7, 11) is 0. The van der Waals surface area contributed by atoms with Gasteiger partial charge in [0.1, 0.15) is 23.3 Å². The van der Waals surface area contributed by atoms with Crippen molar-refractivity contribution in [2.45, 2.75) is 18.6 Å². The number of benzene rings is 3. The van der Waals surface area contributed by atoms with Gasteiger partial charge in [-0.15, -0.1) is 11.8 Å². The molecule has 0 spiro atoms. The summed E-state index contributed by atoms with van der Waals surface area (Å²) in [5.41, 5.74) is 0.439. The Morgan fingerprint density at radius 2 is 1.41 bits per heavy atom. The summed E-state index contributed by atoms with van der Waals surface area (Å²) in [4.78, 5) is 14.4. The molecule has 32 heavy (non-hydrogen) atoms. The molecule has 3 aromatic carbocycles. The van der Waals surface area contributed by atoms with E-state index in [2.05, 4.69) is 0 Å². The minimum atomic E-state index is -1.56. The van der Waals surface area contributed by atoms with Gasteiger partial charge in [0.05, 0.1) is 10.5 Å². The lowest BCUT2D eigenvalue weighted by molar-refractivity contribution is -0.127. The molecule has 3 rings (SSSR count). The molecule has 7 heteroatoms. The molecule has 0 aliphatic rings. The molecule has 0 N–H and O–H groups in total. The molecule has 0 saturated heterocycles. The van der Waals surface area contributed by atoms with Crippen LogP contribution in [-0.4, -0.2) is 29.6 Å². The molecule has 0 radical (unpaired) electrons. The van der Waals surface area contributed by atoms with E-state index in [-0.39, 0.29) is 22.8 Å². The third kappa shape index (κ3) is 4.67. The zero-order valence-electron chi connectivity index (χ0n) is 17.7. The van der Waals surface area contributed by atoms with Gasteiger partial charge in [-0.25, -0.2) is 17.6 Å². The number of amides is 1. The van der Waals surface area contributed by atoms with E-state index in [0.717, 1.165) is 23.9 Å². The van der Waals surface area contributed by atoms with Gasteiger partial charge in [-0.3, -0.25) is 4.79 Å². The Labute approximate surface area is 189 Å². The van der Waals surface area contributed by atoms with Crippen LogP contribution in [0, 0.1) is 23.3 Å². The van der Waals surface area contributed by atoms with E-state index in [4.69, 9.17) is 0 Å². The number of hydrogen-bond acceptors (Lipinski definition) is 2. The van der Waals surface area contributed by atoms with E-state index in [1.54, 1.807) is 11.0 Å². The first-order valence-corrected chi connectivity index (χ1v) is 11.2. The van der Waals surface area contributed by atoms with Crippen molar-refractivity contribution in [3.63, 3.8) is 0 Å². The van der Waals surface area contributed by atoms with Crippen LogP contribution in [0.1, 0.15) is 30.5 Å². The molecule has 3 aromatic rings. The summed E-state index contributed by atoms with van der Waals surface area (Å²) < 4.78 is 56.3. The molecule has 0 aliphatic carbocycles. The smallest absolute Gasteiger partial charge is 0.232 e. The van der Waals surface area contributed by atoms with Crippen LogP contribution in [0.5, 0.6) is 0 Å². The highest BCUT2D eigenvalue weighted by Gasteiger charge is 2.42. The Morgan fingerprint density at radius 1 is 0.812 bits per heavy atom. The molecule has 2 nitrogen and oxygen atoms in total. The number of hydrogen-bond donors (Lipinski definition) is 0. The predicted molar refractivity (Wildman–Crippen MR) is 119 cm³/mol. The molecule has 0 fully saturated rings. The van der Waals surface area contributed by atoms with Crippen LogP contribution in [0.25, 0.3) is 0 Å². The number of halogens is 4. The number of rotatable bonds is 8. The Kier molecular flexibility index (Phi) is 7.61. The lowest BCUT2D eigenvalue weighted by atomic mass is 9.83. The average Bonchev–Trinajstić information content (AvgIpc) is 2.77. The Morgan fingerprint density at radius 3 is 2.00 bits per heavy atom. The van der Waals surface area contributed by atoms with Gasteiger partial charge in [0, 0.05) is 30.3 Å². The molecule has 0 heterocycles. The van der Waals surface area contributed by atoms with E-state index >= 15 is 8.78 Å². The highest BCUT2D eigenvalue weighted by Crippen LogP contribution is 2.50. The largest absolute Gasteiger partial charge is 0.343 e. The first kappa shape index (κ1) is 23.9. The van der Waals surface area contributed by atoms with Crippen LogP contribution in [0.15, 0.2) is 66.7 Å². The Bertz CT molecular complexity index is 1090. The monoisotopic (exact) mass is 461 g/mol. The van der Waals surface area contributed by atoms with Crippen LogP contribution in [0.3, 0.4) is 0 Å². The third-order valence-corrected chi connectivity index (χ3v) is 6.84. The van der Waals surface area contributed by atoms with Crippen LogP contribution < -0.4 is 0 Å². The summed E-state index contributed by atoms with van der Waals surface area (Å²) in [6, 6.07) is 14.1. The van der Waals surface area contributed by atoms with Crippen LogP contribution in [-0.2, 0) is 9.54 Å². The predicted octanol–water partition coefficient (Wildman–Crippen LogP) is 6.14. The lowest BCUT2D eigenvalue weighted by Gasteiger charge is -2.36. The quantitative estimate of drug-likeness (QED) is 0.297. The molecule has 0 bridgehead atoms. The van der Waals surface area contributed by atoms with Gasteiger partial charge in [0.15, 0.2) is 0 Å². The van der Waals surface area contributed by atoms with Gasteiger partial charge in [-0.05, 0) is 43.7 Å². The zero-order valence-corrected chi connectivity index (χ0v) is 18.6. The van der Waals surface area contributed by atoms with Crippen molar-refractivity contribution in [1.82, 2.24) is 4.90 Å². The second kappa shape index (κ2) is 10.2. The fourth-order valence-electron chi connectivity index (χ4n) is 3.74. The maximum absolute atomic E-state index is 15.2. The van der Waals surface area contributed by atoms with Crippen LogP contribution in [0.2, 0.25) is 0 Å². The van der Waals surface area contributed by atoms with E-state index < -0.39 is 28.0 Å². The van der Waals surface area contributed by atoms with Crippen molar-refractivity contribution in [2.75, 3.05) is 18.8 Å². The van der Waals surface area contributed by atoms with Crippen molar-refractivity contribution in [2.24, 2.45) is 0 Å². The summed E-state index contributed by atoms with van der Waals surface area (Å²) in [6.45, 7) is 4.67. The minimum Gasteiger partial charge on any atom is -0.343 e. The molecule has 0 aromatic heterocycles. The Balaban J connectivity index is 2.28. The van der Waals surface area contributed by atoms with Crippen molar-refractivity contribution in [1.29, 1.82) is 0 Å². The SMILES string of the molecule is CCN(CC)C(=O)CSC(c1ccc(F)cc1)(c1ccccc1F)c1ccc(F)cc1F. The second-order valence-corrected chi connectivity index (χ2v) is 8.34. The van der Waals surface area contributed by atoms with Crippen molar-refractivity contribution in [3.05, 3.63) is 107 Å². The average molecular weight is 462 g/mol. The maximum atomic E-state index is 15.2. The van der Waals surface area contributed by atoms with Gasteiger partial charge >= 0.3 is 0 Å². The van der Waals surface area contributed by atoms with E-state index in [0.29, 0.717) is 18.7 Å². The standard InChI is InChI=1S/C25H23F4NOS/c1-3-30(4-2)24(31)16-32-25(17-9-11-18(26)12-10-17,20-7-5-6-8-22(20)28)21-14-13-19(27)15-23(21)29/h5-15H,3-4,16H2,1-2H3. The first-order chi connectivity index (χ1) is 15.3. The molecule has 0 aliphatic heterocycles. The molecule has 0 saturated carbocycles. The highest BCUT2D eigenvalue weighted by atomic mass is 32.2. The topological polar surface area (TPSA) is 20.3 Å². The number of carbonyl (C=O) groups is 1. The summed E-state index contributed by atoms with van der Waals surface area (Å²) in [5, 5.41) is 0. The van der Waals surface area contributed by atoms with E-state index in [9.17, 15) is 13.6 Å². The van der Waals surface area contributed by atoms with Gasteiger partial charge < -0.3 is 4.90 Å². The van der Waals surface area contributed by atoms with Gasteiger partial charge in [-0.2, -0.15) is 0 Å². The van der Waals surface area contributed by atoms with Crippen molar-refractivity contribution < 1.29 is 22.4 Å². The van der Waals surface area contributed by atoms with Crippen LogP contribution in [0.4, 0.5) is 17.6 Å². The number of thioether (sulfide) groups is 1. The minimum absolute atomic E-state index is 0.0204. The highest BCUT2D eigenvalue weighted by molar-refractivity contribution is 8.01.